The van der Waals surface area contributed by atoms with Crippen LogP contribution in [0.25, 0.3) is 201 Å². The van der Waals surface area contributed by atoms with Gasteiger partial charge in [0.25, 0.3) is 0 Å². The first-order valence-corrected chi connectivity index (χ1v) is 45.7. The van der Waals surface area contributed by atoms with E-state index >= 15 is 0 Å². The van der Waals surface area contributed by atoms with Crippen molar-refractivity contribution in [3.05, 3.63) is 423 Å². The molecule has 14 heteroatoms. The van der Waals surface area contributed by atoms with Gasteiger partial charge in [0, 0.05) is 41.2 Å². The minimum atomic E-state index is -2.31. The Labute approximate surface area is 860 Å². The number of pyridine rings is 4. The standard InChI is InChI=1S/C125H98B2N6O4.2Ir/c1-79-30-61-116(128-74-79)90-45-33-84(34-46-90)104-22-14-18-26-108(104)96-65-97(109-27-19-15-23-105(109)85-35-47-91(48-36-85)117-62-31-80(2)75-129-117)68-100(67-96)114-71-102(126-134-122(6,7)123(8,9)135-126)57-59-112(114)88-41-53-94(54-42-88)120-73-121(133-78-132-120)95-55-43-89(44-56-95)113-60-58-103(127-136-124(10,11)125(12,13)137-127)72-115(113)101-69-98(110-28-20-16-24-106(110)86-37-49-92(50-38-86)118-63-32-81(3)76-130-118)66-99(70-101)111-29-21-17-25-107(111)87-39-51-93(52-40-87)119-64-82(4)83(5)77-131-119;;/h14-45,47,49,51,53,55,57-78H,1-13H3;;/q-6;2*+3/i1D3,2D3,3D3,5D3;;. The quantitative estimate of drug-likeness (QED) is 0.0540. The zero-order valence-electron chi connectivity index (χ0n) is 89.7. The molecule has 2 aliphatic rings. The topological polar surface area (TPSA) is 114 Å². The number of nitrogens with zero attached hydrogens (tertiary/aromatic N) is 6. The van der Waals surface area contributed by atoms with Crippen molar-refractivity contribution in [2.75, 3.05) is 0 Å². The van der Waals surface area contributed by atoms with Gasteiger partial charge in [0.2, 0.25) is 0 Å². The summed E-state index contributed by atoms with van der Waals surface area (Å²) in [7, 11) is -1.44. The van der Waals surface area contributed by atoms with Gasteiger partial charge in [-0.25, -0.2) is 0 Å². The van der Waals surface area contributed by atoms with Crippen molar-refractivity contribution in [1.29, 1.82) is 0 Å². The van der Waals surface area contributed by atoms with Crippen LogP contribution in [0, 0.1) is 70.7 Å². The zero-order chi connectivity index (χ0) is 104. The van der Waals surface area contributed by atoms with Crippen molar-refractivity contribution in [3.63, 3.8) is 0 Å². The van der Waals surface area contributed by atoms with E-state index in [2.05, 4.69) is 251 Å². The van der Waals surface area contributed by atoms with Gasteiger partial charge in [-0.05, 0) is 260 Å². The third-order valence-electron chi connectivity index (χ3n) is 27.0. The Kier molecular flexibility index (Phi) is 22.3. The summed E-state index contributed by atoms with van der Waals surface area (Å²) in [5.74, 6) is 0. The Balaban J connectivity index is 0.00000714. The van der Waals surface area contributed by atoms with Crippen molar-refractivity contribution < 1.29 is 75.3 Å². The van der Waals surface area contributed by atoms with Crippen molar-refractivity contribution in [3.8, 4) is 201 Å². The monoisotopic (exact) mass is 2170 g/mol. The zero-order valence-corrected chi connectivity index (χ0v) is 82.5. The number of hydrogen-bond acceptors (Lipinski definition) is 10. The van der Waals surface area contributed by atoms with Gasteiger partial charge in [-0.2, -0.15) is 0 Å². The molecule has 7 heterocycles. The number of benzene rings is 14. The van der Waals surface area contributed by atoms with Crippen LogP contribution in [0.15, 0.2) is 359 Å². The largest absolute Gasteiger partial charge is 3.00 e. The first-order valence-electron chi connectivity index (χ1n) is 51.7. The van der Waals surface area contributed by atoms with Crippen LogP contribution < -0.4 is 10.9 Å². The molecule has 0 atom stereocenters. The summed E-state index contributed by atoms with van der Waals surface area (Å²) < 4.78 is 123. The molecule has 0 unspecified atom stereocenters. The maximum absolute atomic E-state index is 8.11. The van der Waals surface area contributed by atoms with E-state index in [1.165, 1.54) is 24.8 Å². The Bertz CT molecular complexity index is 8080. The van der Waals surface area contributed by atoms with Gasteiger partial charge in [0.05, 0.1) is 28.7 Å². The minimum absolute atomic E-state index is 0. The molecule has 0 saturated carbocycles. The number of aryl methyl sites for hydroxylation is 5. The van der Waals surface area contributed by atoms with E-state index in [1.807, 2.05) is 146 Å². The van der Waals surface area contributed by atoms with Crippen LogP contribution in [-0.4, -0.2) is 66.5 Å². The number of hydrogen-bond donors (Lipinski definition) is 0. The molecule has 0 N–H and O–H groups in total. The molecule has 0 spiro atoms. The average Bonchev–Trinajstić information content (AvgIpc) is 1.66. The van der Waals surface area contributed by atoms with E-state index in [1.54, 1.807) is 55.7 Å². The summed E-state index contributed by atoms with van der Waals surface area (Å²) in [5.41, 5.74) is 30.3. The Morgan fingerprint density at radius 3 is 0.727 bits per heavy atom. The SMILES string of the molecule is [2H]C([2H])([2H])c1ccc(-c2[c-]cc(-c3ccccc3-c3cc(-c4ccccc4-c4c[c-]c(-c5ccc(C([2H])([2H])[2H])cn5)cc4)cc(-c4cc(B5OC(C)(C)C(C)(C)O5)ccc4-c4c[c-]c(-c5cc(-c6[c-]cc(-c7ccc(B8OC(C)(C)C(C)(C)O8)cc7-c7cc(-c8ccccc8-c8c[c-]c(-c9ccc(C([2H])([2H])[2H])cn9)cc8)cc(-c8ccccc8-c8c[c-]c(-c9cc(C)c(C([2H])([2H])[2H])cn9)cc8)c7)cc6)ncn5)cc4)c3)cc2)nc1.[Ir+3].[Ir+3]. The Hall–Kier alpha value is -14.0. The van der Waals surface area contributed by atoms with Crippen molar-refractivity contribution in [2.45, 2.75) is 112 Å². The van der Waals surface area contributed by atoms with Crippen LogP contribution in [0.5, 0.6) is 0 Å². The maximum Gasteiger partial charge on any atom is 3.00 e. The number of rotatable bonds is 20. The van der Waals surface area contributed by atoms with E-state index in [-0.39, 0.29) is 62.5 Å². The van der Waals surface area contributed by atoms with E-state index in [4.69, 9.17) is 45.0 Å². The fraction of sp³-hybridized carbons (Fsp3) is 0.136. The summed E-state index contributed by atoms with van der Waals surface area (Å²) in [6.45, 7) is 9.04. The van der Waals surface area contributed by atoms with Crippen molar-refractivity contribution >= 4 is 25.2 Å². The Morgan fingerprint density at radius 2 is 0.482 bits per heavy atom. The van der Waals surface area contributed by atoms with Crippen LogP contribution in [0.3, 0.4) is 0 Å². The first kappa shape index (κ1) is 80.0. The molecule has 676 valence electrons. The number of aromatic nitrogens is 6. The van der Waals surface area contributed by atoms with Crippen LogP contribution in [0.4, 0.5) is 0 Å². The van der Waals surface area contributed by atoms with Gasteiger partial charge >= 0.3 is 54.4 Å². The van der Waals surface area contributed by atoms with Gasteiger partial charge in [0.1, 0.15) is 0 Å². The normalized spacial score (nSPS) is 15.5. The minimum Gasteiger partial charge on any atom is -0.399 e. The third kappa shape index (κ3) is 19.1. The summed E-state index contributed by atoms with van der Waals surface area (Å²) in [5, 5.41) is 0. The van der Waals surface area contributed by atoms with Gasteiger partial charge in [-0.15, -0.1) is 179 Å². The van der Waals surface area contributed by atoms with Crippen LogP contribution >= 0.6 is 0 Å². The second-order valence-corrected chi connectivity index (χ2v) is 37.0. The second-order valence-electron chi connectivity index (χ2n) is 37.0. The first-order chi connectivity index (χ1) is 71.2. The van der Waals surface area contributed by atoms with Crippen LogP contribution in [0.2, 0.25) is 0 Å². The molecule has 10 nitrogen and oxygen atoms in total. The molecular weight excluding hydrogens is 2060 g/mol. The van der Waals surface area contributed by atoms with Gasteiger partial charge < -0.3 is 38.6 Å². The van der Waals surface area contributed by atoms with Crippen molar-refractivity contribution in [2.24, 2.45) is 0 Å². The van der Waals surface area contributed by atoms with Crippen molar-refractivity contribution in [1.82, 2.24) is 29.9 Å². The summed E-state index contributed by atoms with van der Waals surface area (Å²) in [6, 6.07) is 131. The Morgan fingerprint density at radius 1 is 0.230 bits per heavy atom. The summed E-state index contributed by atoms with van der Waals surface area (Å²) in [4.78, 5) is 28.1. The average molecular weight is 2170 g/mol. The molecule has 0 amide bonds. The van der Waals surface area contributed by atoms with Gasteiger partial charge in [-0.3, -0.25) is 9.97 Å². The fourth-order valence-corrected chi connectivity index (χ4v) is 18.0. The van der Waals surface area contributed by atoms with E-state index < -0.39 is 64.0 Å². The summed E-state index contributed by atoms with van der Waals surface area (Å²) >= 11 is 0. The molecule has 0 aliphatic carbocycles. The predicted molar refractivity (Wildman–Crippen MR) is 559 cm³/mol. The molecule has 21 rings (SSSR count). The second kappa shape index (κ2) is 38.8. The molecule has 2 fully saturated rings. The molecule has 0 bridgehead atoms. The van der Waals surface area contributed by atoms with Gasteiger partial charge in [0.15, 0.2) is 0 Å². The predicted octanol–water partition coefficient (Wildman–Crippen LogP) is 29.0. The molecule has 5 aromatic heterocycles. The fourth-order valence-electron chi connectivity index (χ4n) is 18.0. The van der Waals surface area contributed by atoms with Crippen LogP contribution in [-0.2, 0) is 58.8 Å². The molecule has 139 heavy (non-hydrogen) atoms. The summed E-state index contributed by atoms with van der Waals surface area (Å²) in [6.07, 6.45) is 7.21. The smallest absolute Gasteiger partial charge is 0.399 e. The molecule has 2 aliphatic heterocycles. The third-order valence-corrected chi connectivity index (χ3v) is 27.0. The van der Waals surface area contributed by atoms with E-state index in [0.717, 1.165) is 161 Å². The molecule has 2 saturated heterocycles. The van der Waals surface area contributed by atoms with Gasteiger partial charge in [-0.1, -0.05) is 254 Å². The molecule has 19 aromatic rings. The van der Waals surface area contributed by atoms with E-state index in [0.29, 0.717) is 56.4 Å². The van der Waals surface area contributed by atoms with E-state index in [9.17, 15) is 0 Å². The van der Waals surface area contributed by atoms with Crippen LogP contribution in [0.1, 0.15) is 99.7 Å². The molecule has 0 radical (unpaired) electrons. The maximum atomic E-state index is 8.11. The molecular formula is C125H98B2Ir2N6O4. The molecule has 14 aromatic carbocycles.